The number of carbonyl (C=O) groups is 2. The Morgan fingerprint density at radius 2 is 1.92 bits per heavy atom. The Labute approximate surface area is 147 Å². The molecule has 3 rings (SSSR count). The fourth-order valence-corrected chi connectivity index (χ4v) is 3.92. The molecule has 24 heavy (non-hydrogen) atoms. The van der Waals surface area contributed by atoms with Crippen molar-refractivity contribution >= 4 is 29.7 Å². The van der Waals surface area contributed by atoms with E-state index >= 15 is 0 Å². The van der Waals surface area contributed by atoms with E-state index in [0.717, 1.165) is 24.5 Å². The van der Waals surface area contributed by atoms with Gasteiger partial charge in [0.2, 0.25) is 0 Å². The lowest BCUT2D eigenvalue weighted by Crippen LogP contribution is -2.31. The Bertz CT molecular complexity index is 636. The molecule has 0 aromatic rings. The van der Waals surface area contributed by atoms with Crippen LogP contribution < -0.4 is 4.72 Å². The summed E-state index contributed by atoms with van der Waals surface area (Å²) in [6, 6.07) is -0.0552. The van der Waals surface area contributed by atoms with Gasteiger partial charge in [-0.1, -0.05) is 40.0 Å². The second kappa shape index (κ2) is 7.23. The summed E-state index contributed by atoms with van der Waals surface area (Å²) in [7, 11) is 0. The van der Waals surface area contributed by atoms with Gasteiger partial charge >= 0.3 is 0 Å². The zero-order valence-corrected chi connectivity index (χ0v) is 15.4. The Balaban J connectivity index is 1.59. The van der Waals surface area contributed by atoms with Crippen LogP contribution in [-0.4, -0.2) is 35.0 Å². The molecule has 2 heterocycles. The Morgan fingerprint density at radius 3 is 2.67 bits per heavy atom. The van der Waals surface area contributed by atoms with E-state index in [-0.39, 0.29) is 17.9 Å². The van der Waals surface area contributed by atoms with Crippen molar-refractivity contribution in [3.05, 3.63) is 23.3 Å². The average molecular weight is 347 g/mol. The average Bonchev–Trinajstić information content (AvgIpc) is 3.08. The van der Waals surface area contributed by atoms with E-state index in [1.54, 1.807) is 6.08 Å². The summed E-state index contributed by atoms with van der Waals surface area (Å²) >= 11 is 1.26. The van der Waals surface area contributed by atoms with Gasteiger partial charge in [0, 0.05) is 6.54 Å². The van der Waals surface area contributed by atoms with Crippen molar-refractivity contribution in [1.29, 1.82) is 0 Å². The number of nitrogens with one attached hydrogen (secondary N) is 1. The third-order valence-corrected chi connectivity index (χ3v) is 5.50. The Morgan fingerprint density at radius 1 is 1.17 bits per heavy atom. The number of carbonyl (C=O) groups excluding carboxylic acids is 2. The van der Waals surface area contributed by atoms with Gasteiger partial charge in [-0.2, -0.15) is 0 Å². The second-order valence-electron chi connectivity index (χ2n) is 7.32. The molecule has 0 aromatic heterocycles. The van der Waals surface area contributed by atoms with Crippen LogP contribution in [0.25, 0.3) is 0 Å². The van der Waals surface area contributed by atoms with Crippen LogP contribution in [0.1, 0.15) is 46.5 Å². The van der Waals surface area contributed by atoms with E-state index < -0.39 is 0 Å². The second-order valence-corrected chi connectivity index (χ2v) is 7.92. The number of rotatable bonds is 7. The number of hydrogen-bond donors (Lipinski definition) is 1. The number of fused-ring (bicyclic) bond motifs is 2. The largest absolute Gasteiger partial charge is 0.274 e. The Kier molecular flexibility index (Phi) is 5.25. The number of nitrogens with zero attached hydrogens (tertiary/aromatic N) is 2. The fourth-order valence-electron chi connectivity index (χ4n) is 3.29. The highest BCUT2D eigenvalue weighted by Gasteiger charge is 2.42. The normalized spacial score (nSPS) is 23.9. The number of amides is 2. The van der Waals surface area contributed by atoms with Crippen LogP contribution in [0, 0.1) is 11.8 Å². The summed E-state index contributed by atoms with van der Waals surface area (Å²) in [6.45, 7) is 7.19. The molecule has 5 nitrogen and oxygen atoms in total. The monoisotopic (exact) mass is 347 g/mol. The molecule has 0 aromatic carbocycles. The van der Waals surface area contributed by atoms with Gasteiger partial charge in [0.1, 0.15) is 0 Å². The summed E-state index contributed by atoms with van der Waals surface area (Å²) < 4.78 is 7.36. The lowest BCUT2D eigenvalue weighted by Gasteiger charge is -2.17. The van der Waals surface area contributed by atoms with Gasteiger partial charge in [-0.25, -0.2) is 9.12 Å². The van der Waals surface area contributed by atoms with Crippen molar-refractivity contribution in [2.45, 2.75) is 52.5 Å². The summed E-state index contributed by atoms with van der Waals surface area (Å²) in [5.41, 5.74) is 1.86. The minimum atomic E-state index is -0.168. The van der Waals surface area contributed by atoms with Gasteiger partial charge in [-0.05, 0) is 30.4 Å². The topological polar surface area (TPSA) is 61.8 Å². The van der Waals surface area contributed by atoms with Crippen molar-refractivity contribution < 1.29 is 9.59 Å². The molecule has 0 spiro atoms. The van der Waals surface area contributed by atoms with E-state index in [9.17, 15) is 9.59 Å². The molecular formula is C18H25N3O2S. The summed E-state index contributed by atoms with van der Waals surface area (Å²) in [6.07, 6.45) is 8.07. The first kappa shape index (κ1) is 17.4. The molecule has 2 amide bonds. The summed E-state index contributed by atoms with van der Waals surface area (Å²) in [5, 5.41) is 0. The zero-order chi connectivity index (χ0) is 17.3. The Hall–Kier alpha value is -1.40. The van der Waals surface area contributed by atoms with E-state index in [1.807, 2.05) is 6.08 Å². The van der Waals surface area contributed by atoms with Crippen LogP contribution in [-0.2, 0) is 9.59 Å². The third-order valence-electron chi connectivity index (χ3n) is 4.84. The maximum atomic E-state index is 12.6. The van der Waals surface area contributed by atoms with Crippen LogP contribution in [0.2, 0.25) is 0 Å². The van der Waals surface area contributed by atoms with Crippen LogP contribution >= 0.6 is 12.1 Å². The number of imide groups is 1. The molecule has 2 unspecified atom stereocenters. The minimum Gasteiger partial charge on any atom is -0.274 e. The smallest absolute Gasteiger partial charge is 0.261 e. The van der Waals surface area contributed by atoms with Crippen LogP contribution in [0.4, 0.5) is 0 Å². The molecule has 0 saturated carbocycles. The van der Waals surface area contributed by atoms with Crippen LogP contribution in [0.5, 0.6) is 0 Å². The van der Waals surface area contributed by atoms with E-state index in [4.69, 9.17) is 0 Å². The third kappa shape index (κ3) is 3.49. The summed E-state index contributed by atoms with van der Waals surface area (Å²) in [5.74, 6) is 0.934. The SMILES string of the molecule is CC(C)CCCC(C)CCN1C(=O)C2=CC3=NSNC3C=C2C1=O. The fraction of sp³-hybridized carbons (Fsp3) is 0.611. The highest BCUT2D eigenvalue weighted by Crippen LogP contribution is 2.32. The maximum Gasteiger partial charge on any atom is 0.261 e. The molecule has 0 radical (unpaired) electrons. The van der Waals surface area contributed by atoms with Crippen molar-refractivity contribution in [3.63, 3.8) is 0 Å². The van der Waals surface area contributed by atoms with Crippen molar-refractivity contribution in [2.75, 3.05) is 6.54 Å². The maximum absolute atomic E-state index is 12.6. The van der Waals surface area contributed by atoms with Gasteiger partial charge in [0.25, 0.3) is 11.8 Å². The highest BCUT2D eigenvalue weighted by molar-refractivity contribution is 7.96. The first-order valence-electron chi connectivity index (χ1n) is 8.77. The zero-order valence-electron chi connectivity index (χ0n) is 14.5. The molecule has 6 heteroatoms. The standard InChI is InChI=1S/C18H25N3O2S/c1-11(2)5-4-6-12(3)7-8-21-17(22)13-9-15-16(20-24-19-15)10-14(13)18(21)23/h9-12,15,19H,4-8H2,1-3H3. The molecule has 2 atom stereocenters. The van der Waals surface area contributed by atoms with Crippen molar-refractivity contribution in [2.24, 2.45) is 16.2 Å². The lowest BCUT2D eigenvalue weighted by molar-refractivity contribution is -0.136. The van der Waals surface area contributed by atoms with Gasteiger partial charge in [-0.3, -0.25) is 14.5 Å². The predicted octanol–water partition coefficient (Wildman–Crippen LogP) is 3.05. The van der Waals surface area contributed by atoms with Crippen molar-refractivity contribution in [3.8, 4) is 0 Å². The van der Waals surface area contributed by atoms with Crippen molar-refractivity contribution in [1.82, 2.24) is 9.62 Å². The first-order valence-corrected chi connectivity index (χ1v) is 9.54. The van der Waals surface area contributed by atoms with Crippen LogP contribution in [0.3, 0.4) is 0 Å². The van der Waals surface area contributed by atoms with Crippen LogP contribution in [0.15, 0.2) is 27.7 Å². The predicted molar refractivity (Wildman–Crippen MR) is 97.3 cm³/mol. The lowest BCUT2D eigenvalue weighted by atomic mass is 9.96. The van der Waals surface area contributed by atoms with Gasteiger partial charge in [0.05, 0.1) is 35.0 Å². The summed E-state index contributed by atoms with van der Waals surface area (Å²) in [4.78, 5) is 26.6. The molecule has 1 N–H and O–H groups in total. The molecule has 2 aliphatic heterocycles. The quantitative estimate of drug-likeness (QED) is 0.568. The first-order chi connectivity index (χ1) is 11.5. The molecule has 1 fully saturated rings. The van der Waals surface area contributed by atoms with E-state index in [1.165, 1.54) is 29.9 Å². The number of likely N-dealkylation sites (tertiary alicyclic amines) is 1. The van der Waals surface area contributed by atoms with Gasteiger partial charge in [0.15, 0.2) is 0 Å². The molecule has 1 aliphatic carbocycles. The van der Waals surface area contributed by atoms with Gasteiger partial charge < -0.3 is 0 Å². The molecule has 0 bridgehead atoms. The molecule has 130 valence electrons. The number of hydrogen-bond acceptors (Lipinski definition) is 5. The molecule has 3 aliphatic rings. The minimum absolute atomic E-state index is 0.0552. The van der Waals surface area contributed by atoms with E-state index in [2.05, 4.69) is 29.9 Å². The highest BCUT2D eigenvalue weighted by atomic mass is 32.2. The van der Waals surface area contributed by atoms with Gasteiger partial charge in [-0.15, -0.1) is 0 Å². The molecular weight excluding hydrogens is 322 g/mol. The van der Waals surface area contributed by atoms with E-state index in [0.29, 0.717) is 23.6 Å². The molecule has 1 saturated heterocycles.